The third kappa shape index (κ3) is 4.80. The third-order valence-electron chi connectivity index (χ3n) is 7.55. The standard InChI is InChI=1S/C26H32F2N6S/c1-18-14-23-24(15-22(18)27)34(25(31-23)35-3)21-5-10-33(11-6-21)19(2)26(28)7-12-32(13-8-26)17-20-4-9-29-30-16-20/h4,9,14-16,21H,2,5-8,10-13,17H2,1,3H3. The number of alkyl halides is 1. The number of aryl methyl sites for hydroxylation is 1. The zero-order valence-electron chi connectivity index (χ0n) is 20.4. The molecule has 0 spiro atoms. The van der Waals surface area contributed by atoms with Crippen LogP contribution in [0.1, 0.15) is 42.9 Å². The number of fused-ring (bicyclic) bond motifs is 1. The number of benzene rings is 1. The summed E-state index contributed by atoms with van der Waals surface area (Å²) in [6, 6.07) is 5.59. The molecule has 6 nitrogen and oxygen atoms in total. The fourth-order valence-corrected chi connectivity index (χ4v) is 6.03. The first kappa shape index (κ1) is 24.2. The molecule has 0 atom stereocenters. The van der Waals surface area contributed by atoms with Gasteiger partial charge in [0.15, 0.2) is 10.8 Å². The second-order valence-electron chi connectivity index (χ2n) is 9.72. The fourth-order valence-electron chi connectivity index (χ4n) is 5.40. The Kier molecular flexibility index (Phi) is 6.81. The van der Waals surface area contributed by atoms with E-state index >= 15 is 4.39 Å². The Labute approximate surface area is 209 Å². The van der Waals surface area contributed by atoms with Crippen molar-refractivity contribution in [2.45, 2.75) is 56.0 Å². The number of allylic oxidation sites excluding steroid dienone is 1. The molecule has 0 radical (unpaired) electrons. The number of rotatable bonds is 6. The van der Waals surface area contributed by atoms with Crippen LogP contribution in [0.5, 0.6) is 0 Å². The number of halogens is 2. The summed E-state index contributed by atoms with van der Waals surface area (Å²) in [7, 11) is 0. The fraction of sp³-hybridized carbons (Fsp3) is 0.500. The smallest absolute Gasteiger partial charge is 0.169 e. The van der Waals surface area contributed by atoms with Gasteiger partial charge in [0.25, 0.3) is 0 Å². The summed E-state index contributed by atoms with van der Waals surface area (Å²) in [6.45, 7) is 9.61. The van der Waals surface area contributed by atoms with E-state index in [4.69, 9.17) is 4.98 Å². The minimum absolute atomic E-state index is 0.206. The summed E-state index contributed by atoms with van der Waals surface area (Å²) in [5.41, 5.74) is 2.62. The number of piperidine rings is 2. The summed E-state index contributed by atoms with van der Waals surface area (Å²) in [5.74, 6) is -0.206. The van der Waals surface area contributed by atoms with Crippen LogP contribution in [0.2, 0.25) is 0 Å². The highest BCUT2D eigenvalue weighted by atomic mass is 32.2. The molecule has 9 heteroatoms. The van der Waals surface area contributed by atoms with Gasteiger partial charge < -0.3 is 9.47 Å². The predicted molar refractivity (Wildman–Crippen MR) is 136 cm³/mol. The first-order valence-corrected chi connectivity index (χ1v) is 13.4. The van der Waals surface area contributed by atoms with Crippen molar-refractivity contribution in [1.29, 1.82) is 0 Å². The van der Waals surface area contributed by atoms with Crippen molar-refractivity contribution < 1.29 is 8.78 Å². The lowest BCUT2D eigenvalue weighted by Crippen LogP contribution is -2.47. The number of thioether (sulfide) groups is 1. The topological polar surface area (TPSA) is 50.1 Å². The summed E-state index contributed by atoms with van der Waals surface area (Å²) < 4.78 is 32.5. The second kappa shape index (κ2) is 9.85. The lowest BCUT2D eigenvalue weighted by Gasteiger charge is -2.44. The molecule has 35 heavy (non-hydrogen) atoms. The molecule has 0 aliphatic carbocycles. The van der Waals surface area contributed by atoms with Crippen molar-refractivity contribution in [3.05, 3.63) is 59.8 Å². The number of nitrogens with zero attached hydrogens (tertiary/aromatic N) is 6. The van der Waals surface area contributed by atoms with E-state index < -0.39 is 5.67 Å². The average molecular weight is 499 g/mol. The van der Waals surface area contributed by atoms with Crippen LogP contribution >= 0.6 is 11.8 Å². The second-order valence-corrected chi connectivity index (χ2v) is 10.5. The Morgan fingerprint density at radius 1 is 1.17 bits per heavy atom. The molecule has 2 saturated heterocycles. The molecular weight excluding hydrogens is 466 g/mol. The van der Waals surface area contributed by atoms with Crippen LogP contribution in [0.3, 0.4) is 0 Å². The number of likely N-dealkylation sites (tertiary alicyclic amines) is 2. The predicted octanol–water partition coefficient (Wildman–Crippen LogP) is 5.15. The minimum Gasteiger partial charge on any atom is -0.373 e. The zero-order chi connectivity index (χ0) is 24.6. The molecule has 3 aromatic rings. The van der Waals surface area contributed by atoms with E-state index in [1.54, 1.807) is 37.1 Å². The van der Waals surface area contributed by atoms with E-state index in [0.717, 1.165) is 54.2 Å². The van der Waals surface area contributed by atoms with Crippen LogP contribution in [0, 0.1) is 12.7 Å². The van der Waals surface area contributed by atoms with E-state index in [-0.39, 0.29) is 11.9 Å². The van der Waals surface area contributed by atoms with Gasteiger partial charge >= 0.3 is 0 Å². The Morgan fingerprint density at radius 3 is 2.57 bits per heavy atom. The average Bonchev–Trinajstić information content (AvgIpc) is 3.23. The molecule has 0 N–H and O–H groups in total. The Hall–Kier alpha value is -2.52. The molecule has 2 aliphatic rings. The number of aromatic nitrogens is 4. The molecule has 2 aliphatic heterocycles. The van der Waals surface area contributed by atoms with Gasteiger partial charge in [-0.3, -0.25) is 4.90 Å². The molecule has 5 rings (SSSR count). The molecule has 2 fully saturated rings. The van der Waals surface area contributed by atoms with Crippen LogP contribution in [-0.4, -0.2) is 67.7 Å². The lowest BCUT2D eigenvalue weighted by molar-refractivity contribution is 0.0519. The highest BCUT2D eigenvalue weighted by Gasteiger charge is 2.40. The van der Waals surface area contributed by atoms with Crippen LogP contribution in [0.4, 0.5) is 8.78 Å². The minimum atomic E-state index is -1.37. The van der Waals surface area contributed by atoms with Crippen molar-refractivity contribution in [3.63, 3.8) is 0 Å². The highest BCUT2D eigenvalue weighted by molar-refractivity contribution is 7.98. The maximum absolute atomic E-state index is 16.0. The molecule has 4 heterocycles. The van der Waals surface area contributed by atoms with Crippen molar-refractivity contribution >= 4 is 22.8 Å². The molecule has 2 aromatic heterocycles. The first-order chi connectivity index (χ1) is 16.9. The van der Waals surface area contributed by atoms with Crippen LogP contribution in [0.25, 0.3) is 11.0 Å². The Balaban J connectivity index is 1.22. The van der Waals surface area contributed by atoms with Crippen LogP contribution in [0.15, 0.2) is 48.0 Å². The van der Waals surface area contributed by atoms with Crippen molar-refractivity contribution in [2.24, 2.45) is 0 Å². The van der Waals surface area contributed by atoms with Crippen LogP contribution < -0.4 is 0 Å². The van der Waals surface area contributed by atoms with Gasteiger partial charge in [0.1, 0.15) is 5.82 Å². The van der Waals surface area contributed by atoms with Gasteiger partial charge in [-0.15, -0.1) is 0 Å². The monoisotopic (exact) mass is 498 g/mol. The van der Waals surface area contributed by atoms with E-state index in [9.17, 15) is 4.39 Å². The van der Waals surface area contributed by atoms with E-state index in [2.05, 4.69) is 31.1 Å². The van der Waals surface area contributed by atoms with Crippen molar-refractivity contribution in [1.82, 2.24) is 29.5 Å². The molecule has 0 bridgehead atoms. The maximum atomic E-state index is 16.0. The molecule has 0 amide bonds. The van der Waals surface area contributed by atoms with Crippen molar-refractivity contribution in [3.8, 4) is 0 Å². The molecular formula is C26H32F2N6S. The van der Waals surface area contributed by atoms with E-state index in [1.807, 2.05) is 18.4 Å². The maximum Gasteiger partial charge on any atom is 0.169 e. The SMILES string of the molecule is C=C(N1CCC(n2c(SC)nc3cc(C)c(F)cc32)CC1)C1(F)CCN(Cc2ccnnc2)CC1. The highest BCUT2D eigenvalue weighted by Crippen LogP contribution is 2.39. The molecule has 1 aromatic carbocycles. The molecule has 0 saturated carbocycles. The van der Waals surface area contributed by atoms with E-state index in [0.29, 0.717) is 37.2 Å². The number of hydrogen-bond acceptors (Lipinski definition) is 6. The third-order valence-corrected chi connectivity index (χ3v) is 8.20. The normalized spacial score (nSPS) is 19.4. The van der Waals surface area contributed by atoms with Gasteiger partial charge in [-0.1, -0.05) is 18.3 Å². The van der Waals surface area contributed by atoms with Gasteiger partial charge in [-0.25, -0.2) is 13.8 Å². The number of imidazole rings is 1. The Bertz CT molecular complexity index is 1200. The van der Waals surface area contributed by atoms with Gasteiger partial charge in [-0.05, 0) is 62.1 Å². The molecule has 0 unspecified atom stereocenters. The first-order valence-electron chi connectivity index (χ1n) is 12.2. The summed E-state index contributed by atoms with van der Waals surface area (Å²) in [4.78, 5) is 9.13. The quantitative estimate of drug-likeness (QED) is 0.438. The number of hydrogen-bond donors (Lipinski definition) is 0. The van der Waals surface area contributed by atoms with Gasteiger partial charge in [0.2, 0.25) is 0 Å². The summed E-state index contributed by atoms with van der Waals surface area (Å²) in [5, 5.41) is 8.66. The lowest BCUT2D eigenvalue weighted by atomic mass is 9.88. The summed E-state index contributed by atoms with van der Waals surface area (Å²) in [6.07, 6.45) is 8.06. The van der Waals surface area contributed by atoms with Crippen LogP contribution in [-0.2, 0) is 6.54 Å². The largest absolute Gasteiger partial charge is 0.373 e. The van der Waals surface area contributed by atoms with Gasteiger partial charge in [-0.2, -0.15) is 10.2 Å². The molecule has 186 valence electrons. The Morgan fingerprint density at radius 2 is 1.91 bits per heavy atom. The zero-order valence-corrected chi connectivity index (χ0v) is 21.2. The van der Waals surface area contributed by atoms with Gasteiger partial charge in [0.05, 0.1) is 17.2 Å². The van der Waals surface area contributed by atoms with Gasteiger partial charge in [0, 0.05) is 56.7 Å². The summed E-state index contributed by atoms with van der Waals surface area (Å²) >= 11 is 1.58. The van der Waals surface area contributed by atoms with E-state index in [1.165, 1.54) is 0 Å². The van der Waals surface area contributed by atoms with Crippen molar-refractivity contribution in [2.75, 3.05) is 32.4 Å².